The standard InChI is InChI=1S/C12H16BrNO2/c1-9-5-3-4-6-11(9)16-8-7-14-12(15)10(2)13/h3-6,10H,7-8H2,1-2H3,(H,14,15). The Morgan fingerprint density at radius 1 is 1.50 bits per heavy atom. The highest BCUT2D eigenvalue weighted by molar-refractivity contribution is 9.10. The number of hydrogen-bond donors (Lipinski definition) is 1. The molecule has 0 aliphatic heterocycles. The van der Waals surface area contributed by atoms with E-state index in [9.17, 15) is 4.79 Å². The minimum Gasteiger partial charge on any atom is -0.491 e. The van der Waals surface area contributed by atoms with Crippen molar-refractivity contribution in [1.29, 1.82) is 0 Å². The lowest BCUT2D eigenvalue weighted by molar-refractivity contribution is -0.120. The zero-order valence-electron chi connectivity index (χ0n) is 9.50. The molecule has 1 aromatic carbocycles. The lowest BCUT2D eigenvalue weighted by atomic mass is 10.2. The molecule has 1 N–H and O–H groups in total. The summed E-state index contributed by atoms with van der Waals surface area (Å²) in [5.41, 5.74) is 1.10. The molecule has 0 aromatic heterocycles. The van der Waals surface area contributed by atoms with Crippen molar-refractivity contribution in [3.05, 3.63) is 29.8 Å². The first-order valence-electron chi connectivity index (χ1n) is 5.21. The fourth-order valence-corrected chi connectivity index (χ4v) is 1.36. The van der Waals surface area contributed by atoms with Gasteiger partial charge in [-0.2, -0.15) is 0 Å². The Balaban J connectivity index is 2.26. The number of amides is 1. The van der Waals surface area contributed by atoms with Gasteiger partial charge in [-0.1, -0.05) is 34.1 Å². The SMILES string of the molecule is Cc1ccccc1OCCNC(=O)C(C)Br. The summed E-state index contributed by atoms with van der Waals surface area (Å²) in [6.07, 6.45) is 0. The topological polar surface area (TPSA) is 38.3 Å². The number of ether oxygens (including phenoxy) is 1. The summed E-state index contributed by atoms with van der Waals surface area (Å²) < 4.78 is 5.54. The zero-order chi connectivity index (χ0) is 12.0. The maximum Gasteiger partial charge on any atom is 0.233 e. The molecule has 1 amide bonds. The Morgan fingerprint density at radius 3 is 2.81 bits per heavy atom. The van der Waals surface area contributed by atoms with E-state index in [0.29, 0.717) is 13.2 Å². The number of halogens is 1. The average molecular weight is 286 g/mol. The van der Waals surface area contributed by atoms with Gasteiger partial charge in [-0.3, -0.25) is 4.79 Å². The van der Waals surface area contributed by atoms with Crippen LogP contribution in [-0.4, -0.2) is 23.9 Å². The summed E-state index contributed by atoms with van der Waals surface area (Å²) in [5.74, 6) is 0.844. The predicted octanol–water partition coefficient (Wildman–Crippen LogP) is 2.27. The van der Waals surface area contributed by atoms with Crippen molar-refractivity contribution in [3.8, 4) is 5.75 Å². The normalized spacial score (nSPS) is 11.9. The van der Waals surface area contributed by atoms with Crippen LogP contribution in [0.1, 0.15) is 12.5 Å². The maximum atomic E-state index is 11.2. The van der Waals surface area contributed by atoms with Crippen molar-refractivity contribution in [1.82, 2.24) is 5.32 Å². The number of hydrogen-bond acceptors (Lipinski definition) is 2. The van der Waals surface area contributed by atoms with Crippen LogP contribution >= 0.6 is 15.9 Å². The highest BCUT2D eigenvalue weighted by Gasteiger charge is 2.06. The van der Waals surface area contributed by atoms with E-state index in [2.05, 4.69) is 21.2 Å². The molecule has 0 aliphatic carbocycles. The summed E-state index contributed by atoms with van der Waals surface area (Å²) in [7, 11) is 0. The molecule has 0 bridgehead atoms. The number of benzene rings is 1. The second-order valence-corrected chi connectivity index (χ2v) is 4.89. The highest BCUT2D eigenvalue weighted by atomic mass is 79.9. The number of para-hydroxylation sites is 1. The van der Waals surface area contributed by atoms with Gasteiger partial charge in [0.2, 0.25) is 5.91 Å². The number of carbonyl (C=O) groups is 1. The van der Waals surface area contributed by atoms with Crippen molar-refractivity contribution in [2.45, 2.75) is 18.7 Å². The largest absolute Gasteiger partial charge is 0.491 e. The molecule has 16 heavy (non-hydrogen) atoms. The molecular formula is C12H16BrNO2. The Hall–Kier alpha value is -1.03. The van der Waals surface area contributed by atoms with E-state index in [4.69, 9.17) is 4.74 Å². The van der Waals surface area contributed by atoms with Crippen molar-refractivity contribution in [3.63, 3.8) is 0 Å². The smallest absolute Gasteiger partial charge is 0.233 e. The molecule has 0 fully saturated rings. The van der Waals surface area contributed by atoms with Gasteiger partial charge in [0, 0.05) is 0 Å². The first kappa shape index (κ1) is 13.0. The summed E-state index contributed by atoms with van der Waals surface area (Å²) in [6.45, 7) is 4.78. The summed E-state index contributed by atoms with van der Waals surface area (Å²) in [6, 6.07) is 7.82. The van der Waals surface area contributed by atoms with Crippen LogP contribution in [0, 0.1) is 6.92 Å². The lowest BCUT2D eigenvalue weighted by Gasteiger charge is -2.10. The quantitative estimate of drug-likeness (QED) is 0.666. The minimum atomic E-state index is -0.161. The van der Waals surface area contributed by atoms with Crippen LogP contribution in [0.5, 0.6) is 5.75 Å². The van der Waals surface area contributed by atoms with Crippen LogP contribution < -0.4 is 10.1 Å². The third-order valence-electron chi connectivity index (χ3n) is 2.11. The molecule has 88 valence electrons. The number of carbonyl (C=O) groups excluding carboxylic acids is 1. The van der Waals surface area contributed by atoms with E-state index in [-0.39, 0.29) is 10.7 Å². The predicted molar refractivity (Wildman–Crippen MR) is 68.1 cm³/mol. The molecule has 0 spiro atoms. The average Bonchev–Trinajstić information content (AvgIpc) is 2.26. The van der Waals surface area contributed by atoms with Gasteiger partial charge >= 0.3 is 0 Å². The molecule has 0 aliphatic rings. The third kappa shape index (κ3) is 4.23. The fraction of sp³-hybridized carbons (Fsp3) is 0.417. The molecule has 1 atom stereocenters. The highest BCUT2D eigenvalue weighted by Crippen LogP contribution is 2.15. The molecule has 1 unspecified atom stereocenters. The van der Waals surface area contributed by atoms with Crippen molar-refractivity contribution < 1.29 is 9.53 Å². The Kier molecular flexibility index (Phi) is 5.32. The minimum absolute atomic E-state index is 0.0200. The third-order valence-corrected chi connectivity index (χ3v) is 2.53. The molecule has 0 heterocycles. The van der Waals surface area contributed by atoms with Crippen LogP contribution in [0.3, 0.4) is 0 Å². The first-order valence-corrected chi connectivity index (χ1v) is 6.13. The van der Waals surface area contributed by atoms with E-state index >= 15 is 0 Å². The van der Waals surface area contributed by atoms with Gasteiger partial charge in [-0.15, -0.1) is 0 Å². The first-order chi connectivity index (χ1) is 7.61. The van der Waals surface area contributed by atoms with Gasteiger partial charge in [-0.25, -0.2) is 0 Å². The van der Waals surface area contributed by atoms with Crippen LogP contribution in [-0.2, 0) is 4.79 Å². The second kappa shape index (κ2) is 6.53. The van der Waals surface area contributed by atoms with E-state index < -0.39 is 0 Å². The lowest BCUT2D eigenvalue weighted by Crippen LogP contribution is -2.32. The summed E-state index contributed by atoms with van der Waals surface area (Å²) >= 11 is 3.20. The molecule has 3 nitrogen and oxygen atoms in total. The monoisotopic (exact) mass is 285 g/mol. The Morgan fingerprint density at radius 2 is 2.19 bits per heavy atom. The summed E-state index contributed by atoms with van der Waals surface area (Å²) in [4.78, 5) is 11.0. The molecule has 0 radical (unpaired) electrons. The summed E-state index contributed by atoms with van der Waals surface area (Å²) in [5, 5.41) is 2.76. The number of rotatable bonds is 5. The zero-order valence-corrected chi connectivity index (χ0v) is 11.1. The van der Waals surface area contributed by atoms with Crippen LogP contribution in [0.15, 0.2) is 24.3 Å². The Bertz CT molecular complexity index is 353. The van der Waals surface area contributed by atoms with Gasteiger partial charge in [0.25, 0.3) is 0 Å². The Labute approximate surface area is 104 Å². The molecule has 0 saturated heterocycles. The van der Waals surface area contributed by atoms with E-state index in [1.165, 1.54) is 0 Å². The molecule has 1 rings (SSSR count). The second-order valence-electron chi connectivity index (χ2n) is 3.52. The van der Waals surface area contributed by atoms with E-state index in [1.807, 2.05) is 31.2 Å². The molecule has 4 heteroatoms. The molecule has 0 saturated carbocycles. The van der Waals surface area contributed by atoms with E-state index in [0.717, 1.165) is 11.3 Å². The van der Waals surface area contributed by atoms with Crippen molar-refractivity contribution in [2.24, 2.45) is 0 Å². The van der Waals surface area contributed by atoms with Gasteiger partial charge in [0.15, 0.2) is 0 Å². The van der Waals surface area contributed by atoms with Gasteiger partial charge in [-0.05, 0) is 25.5 Å². The van der Waals surface area contributed by atoms with Crippen LogP contribution in [0.25, 0.3) is 0 Å². The number of alkyl halides is 1. The van der Waals surface area contributed by atoms with Gasteiger partial charge in [0.05, 0.1) is 11.4 Å². The van der Waals surface area contributed by atoms with E-state index in [1.54, 1.807) is 6.92 Å². The van der Waals surface area contributed by atoms with Gasteiger partial charge < -0.3 is 10.1 Å². The van der Waals surface area contributed by atoms with Crippen LogP contribution in [0.2, 0.25) is 0 Å². The van der Waals surface area contributed by atoms with Crippen molar-refractivity contribution >= 4 is 21.8 Å². The fourth-order valence-electron chi connectivity index (χ4n) is 1.19. The van der Waals surface area contributed by atoms with Crippen LogP contribution in [0.4, 0.5) is 0 Å². The number of aryl methyl sites for hydroxylation is 1. The molecular weight excluding hydrogens is 270 g/mol. The van der Waals surface area contributed by atoms with Crippen molar-refractivity contribution in [2.75, 3.05) is 13.2 Å². The molecule has 1 aromatic rings. The maximum absolute atomic E-state index is 11.2. The van der Waals surface area contributed by atoms with Gasteiger partial charge in [0.1, 0.15) is 12.4 Å². The number of nitrogens with one attached hydrogen (secondary N) is 1.